The second-order valence-electron chi connectivity index (χ2n) is 8.36. The van der Waals surface area contributed by atoms with Crippen LogP contribution in [0.2, 0.25) is 0 Å². The summed E-state index contributed by atoms with van der Waals surface area (Å²) < 4.78 is 44.5. The number of rotatable bonds is 12. The number of carboxylic acids is 1. The van der Waals surface area contributed by atoms with Gasteiger partial charge in [0.25, 0.3) is 0 Å². The lowest BCUT2D eigenvalue weighted by Crippen LogP contribution is -2.30. The van der Waals surface area contributed by atoms with Gasteiger partial charge >= 0.3 is 12.1 Å². The molecule has 1 aromatic carbocycles. The number of aliphatic hydroxyl groups excluding tert-OH is 2. The Hall–Kier alpha value is -4.28. The van der Waals surface area contributed by atoms with Gasteiger partial charge in [-0.25, -0.2) is 19.4 Å². The molecule has 0 radical (unpaired) electrons. The quantitative estimate of drug-likeness (QED) is 0.156. The summed E-state index contributed by atoms with van der Waals surface area (Å²) in [6.07, 6.45) is -1.12. The summed E-state index contributed by atoms with van der Waals surface area (Å²) in [7, 11) is 0. The number of nitrogens with zero attached hydrogens (tertiary/aromatic N) is 5. The lowest BCUT2D eigenvalue weighted by atomic mass is 10.1. The fraction of sp³-hybridized carbons (Fsp3) is 0.375. The van der Waals surface area contributed by atoms with Crippen LogP contribution in [-0.2, 0) is 17.8 Å². The molecule has 0 aliphatic carbocycles. The maximum atomic E-state index is 10.6. The summed E-state index contributed by atoms with van der Waals surface area (Å²) in [6, 6.07) is 9.88. The smallest absolute Gasteiger partial charge is 0.490 e. The molecule has 13 nitrogen and oxygen atoms in total. The van der Waals surface area contributed by atoms with Gasteiger partial charge in [0, 0.05) is 25.1 Å². The molecule has 0 aliphatic heterocycles. The second kappa shape index (κ2) is 14.2. The lowest BCUT2D eigenvalue weighted by Gasteiger charge is -2.12. The molecule has 0 saturated heterocycles. The molecule has 3 heterocycles. The van der Waals surface area contributed by atoms with E-state index in [1.807, 2.05) is 34.9 Å². The molecule has 0 fully saturated rings. The van der Waals surface area contributed by atoms with Crippen molar-refractivity contribution >= 4 is 22.8 Å². The zero-order valence-electron chi connectivity index (χ0n) is 21.1. The number of nitrogen functional groups attached to an aromatic ring is 1. The number of nitrogens with two attached hydrogens (primary N) is 1. The number of ether oxygens (including phenoxy) is 1. The zero-order chi connectivity index (χ0) is 29.1. The maximum absolute atomic E-state index is 10.6. The Kier molecular flexibility index (Phi) is 10.7. The van der Waals surface area contributed by atoms with E-state index < -0.39 is 18.2 Å². The summed E-state index contributed by atoms with van der Waals surface area (Å²) >= 11 is 0. The number of pyridine rings is 1. The fourth-order valence-electron chi connectivity index (χ4n) is 3.47. The molecule has 3 aromatic heterocycles. The minimum atomic E-state index is -5.08. The average Bonchev–Trinajstić information content (AvgIpc) is 3.55. The largest absolute Gasteiger partial charge is 0.490 e. The molecular weight excluding hydrogens is 539 g/mol. The number of aromatic nitrogens is 5. The highest BCUT2D eigenvalue weighted by Crippen LogP contribution is 2.32. The van der Waals surface area contributed by atoms with Gasteiger partial charge in [-0.2, -0.15) is 13.2 Å². The first kappa shape index (κ1) is 30.3. The summed E-state index contributed by atoms with van der Waals surface area (Å²) in [5.74, 6) is -1.85. The molecule has 0 aliphatic rings. The first-order valence-corrected chi connectivity index (χ1v) is 12.0. The number of hydrogen-bond acceptors (Lipinski definition) is 11. The standard InChI is InChI=1S/C22H27N7O4.C2HF3O2/c23-22-17(27-33-28-22)7-9-29-14-26-20-19(15-5-2-1-3-6-15)25-12-18(21(20)29)32-10-4-8-24-11-16(31)13-30;3-2(4,5)1(6)7/h1-3,5-6,12,14,16,24,30-31H,4,7-11,13H2,(H2,23,28);(H,6,7)/t16-;/m0./s1. The van der Waals surface area contributed by atoms with Crippen LogP contribution in [0, 0.1) is 0 Å². The third-order valence-corrected chi connectivity index (χ3v) is 5.42. The van der Waals surface area contributed by atoms with E-state index in [9.17, 15) is 18.3 Å². The van der Waals surface area contributed by atoms with Crippen molar-refractivity contribution < 1.29 is 42.7 Å². The SMILES string of the molecule is Nc1nonc1CCn1cnc2c(-c3ccccc3)ncc(OCCCNC[C@H](O)CO)c21.O=C(O)C(F)(F)F. The van der Waals surface area contributed by atoms with Crippen LogP contribution in [0.4, 0.5) is 19.0 Å². The molecular formula is C24H28F3N7O6. The van der Waals surface area contributed by atoms with E-state index in [1.165, 1.54) is 0 Å². The monoisotopic (exact) mass is 567 g/mol. The number of benzene rings is 1. The maximum Gasteiger partial charge on any atom is 0.490 e. The molecule has 4 rings (SSSR count). The van der Waals surface area contributed by atoms with E-state index >= 15 is 0 Å². The normalized spacial score (nSPS) is 12.1. The number of fused-ring (bicyclic) bond motifs is 1. The summed E-state index contributed by atoms with van der Waals surface area (Å²) in [5, 5.41) is 35.9. The third kappa shape index (κ3) is 8.36. The molecule has 1 atom stereocenters. The molecule has 16 heteroatoms. The van der Waals surface area contributed by atoms with Gasteiger partial charge in [0.1, 0.15) is 16.7 Å². The number of anilines is 1. The first-order valence-electron chi connectivity index (χ1n) is 12.0. The molecule has 0 saturated carbocycles. The van der Waals surface area contributed by atoms with Gasteiger partial charge in [-0.15, -0.1) is 0 Å². The Balaban J connectivity index is 0.000000559. The highest BCUT2D eigenvalue weighted by atomic mass is 19.4. The highest BCUT2D eigenvalue weighted by Gasteiger charge is 2.38. The molecule has 0 spiro atoms. The fourth-order valence-corrected chi connectivity index (χ4v) is 3.47. The predicted molar refractivity (Wildman–Crippen MR) is 135 cm³/mol. The topological polar surface area (TPSA) is 195 Å². The van der Waals surface area contributed by atoms with Crippen LogP contribution < -0.4 is 15.8 Å². The molecule has 6 N–H and O–H groups in total. The number of alkyl halides is 3. The Labute approximate surface area is 225 Å². The molecule has 0 amide bonds. The van der Waals surface area contributed by atoms with Crippen LogP contribution in [0.25, 0.3) is 22.3 Å². The number of halogens is 3. The Morgan fingerprint density at radius 1 is 1.20 bits per heavy atom. The molecule has 216 valence electrons. The van der Waals surface area contributed by atoms with Crippen molar-refractivity contribution in [3.63, 3.8) is 0 Å². The zero-order valence-corrected chi connectivity index (χ0v) is 21.1. The first-order chi connectivity index (χ1) is 19.1. The van der Waals surface area contributed by atoms with Crippen LogP contribution in [0.1, 0.15) is 12.1 Å². The average molecular weight is 568 g/mol. The van der Waals surface area contributed by atoms with Gasteiger partial charge < -0.3 is 35.7 Å². The van der Waals surface area contributed by atoms with Crippen molar-refractivity contribution in [3.8, 4) is 17.0 Å². The number of hydrogen-bond donors (Lipinski definition) is 5. The van der Waals surface area contributed by atoms with Gasteiger partial charge in [-0.1, -0.05) is 35.5 Å². The number of carbonyl (C=O) groups is 1. The second-order valence-corrected chi connectivity index (χ2v) is 8.36. The minimum absolute atomic E-state index is 0.263. The van der Waals surface area contributed by atoms with Crippen LogP contribution in [0.15, 0.2) is 47.5 Å². The van der Waals surface area contributed by atoms with E-state index in [1.54, 1.807) is 12.5 Å². The summed E-state index contributed by atoms with van der Waals surface area (Å²) in [5.41, 5.74) is 9.71. The van der Waals surface area contributed by atoms with E-state index in [4.69, 9.17) is 30.1 Å². The molecule has 0 unspecified atom stereocenters. The van der Waals surface area contributed by atoms with Crippen molar-refractivity contribution in [3.05, 3.63) is 48.5 Å². The van der Waals surface area contributed by atoms with Gasteiger partial charge in [0.15, 0.2) is 11.6 Å². The predicted octanol–water partition coefficient (Wildman–Crippen LogP) is 1.65. The molecule has 40 heavy (non-hydrogen) atoms. The third-order valence-electron chi connectivity index (χ3n) is 5.42. The van der Waals surface area contributed by atoms with Crippen molar-refractivity contribution in [2.24, 2.45) is 0 Å². The van der Waals surface area contributed by atoms with Gasteiger partial charge in [0.2, 0.25) is 0 Å². The van der Waals surface area contributed by atoms with Crippen LogP contribution in [0.5, 0.6) is 5.75 Å². The number of aryl methyl sites for hydroxylation is 2. The van der Waals surface area contributed by atoms with Gasteiger partial charge in [-0.3, -0.25) is 0 Å². The summed E-state index contributed by atoms with van der Waals surface area (Å²) in [4.78, 5) is 18.2. The number of nitrogens with one attached hydrogen (secondary N) is 1. The van der Waals surface area contributed by atoms with E-state index in [0.717, 1.165) is 28.7 Å². The Bertz CT molecular complexity index is 1360. The van der Waals surface area contributed by atoms with E-state index in [-0.39, 0.29) is 12.4 Å². The van der Waals surface area contributed by atoms with Crippen molar-refractivity contribution in [2.75, 3.05) is 32.0 Å². The van der Waals surface area contributed by atoms with Crippen LogP contribution in [-0.4, -0.2) is 84.7 Å². The van der Waals surface area contributed by atoms with E-state index in [0.29, 0.717) is 44.1 Å². The van der Waals surface area contributed by atoms with Crippen molar-refractivity contribution in [1.82, 2.24) is 30.2 Å². The summed E-state index contributed by atoms with van der Waals surface area (Å²) in [6.45, 7) is 1.73. The van der Waals surface area contributed by atoms with Crippen molar-refractivity contribution in [2.45, 2.75) is 31.7 Å². The number of aliphatic hydroxyl groups is 2. The highest BCUT2D eigenvalue weighted by molar-refractivity contribution is 5.93. The van der Waals surface area contributed by atoms with Crippen molar-refractivity contribution in [1.29, 1.82) is 0 Å². The Morgan fingerprint density at radius 3 is 2.55 bits per heavy atom. The number of imidazole rings is 1. The molecule has 4 aromatic rings. The lowest BCUT2D eigenvalue weighted by molar-refractivity contribution is -0.192. The van der Waals surface area contributed by atoms with Crippen LogP contribution >= 0.6 is 0 Å². The number of carboxylic acid groups (broad SMARTS) is 1. The minimum Gasteiger partial charge on any atom is -0.490 e. The molecule has 0 bridgehead atoms. The number of aliphatic carboxylic acids is 1. The Morgan fingerprint density at radius 2 is 1.93 bits per heavy atom. The van der Waals surface area contributed by atoms with Crippen LogP contribution in [0.3, 0.4) is 0 Å². The van der Waals surface area contributed by atoms with Gasteiger partial charge in [0.05, 0.1) is 37.5 Å². The van der Waals surface area contributed by atoms with E-state index in [2.05, 4.69) is 25.6 Å². The van der Waals surface area contributed by atoms with Gasteiger partial charge in [-0.05, 0) is 18.1 Å².